The third-order valence-corrected chi connectivity index (χ3v) is 4.04. The maximum Gasteiger partial charge on any atom is 0.295 e. The van der Waals surface area contributed by atoms with Gasteiger partial charge in [-0.05, 0) is 24.6 Å². The number of pyridine rings is 1. The predicted molar refractivity (Wildman–Crippen MR) is 96.7 cm³/mol. The number of nitriles is 1. The van der Waals surface area contributed by atoms with Gasteiger partial charge in [-0.25, -0.2) is 14.4 Å². The highest BCUT2D eigenvalue weighted by atomic mass is 19.1. The first-order valence-corrected chi connectivity index (χ1v) is 7.71. The first-order valence-electron chi connectivity index (χ1n) is 7.71. The highest BCUT2D eigenvalue weighted by Gasteiger charge is 2.26. The molecule has 0 spiro atoms. The third-order valence-electron chi connectivity index (χ3n) is 4.04. The van der Waals surface area contributed by atoms with Crippen molar-refractivity contribution >= 4 is 17.4 Å². The Hall–Kier alpha value is -3.51. The Morgan fingerprint density at radius 1 is 1.41 bits per heavy atom. The molecule has 0 bridgehead atoms. The molecule has 2 rings (SSSR count). The number of methoxy groups -OCH3 is 1. The second kappa shape index (κ2) is 7.80. The van der Waals surface area contributed by atoms with Crippen molar-refractivity contribution in [3.8, 4) is 23.1 Å². The lowest BCUT2D eigenvalue weighted by molar-refractivity contribution is -0.160. The number of benzene rings is 1. The van der Waals surface area contributed by atoms with Gasteiger partial charge in [0.05, 0.1) is 31.0 Å². The average molecular weight is 371 g/mol. The maximum absolute atomic E-state index is 14.5. The molecule has 0 aliphatic carbocycles. The number of likely N-dealkylation sites (N-methyl/N-ethyl adjacent to an activating group) is 1. The molecule has 0 radical (unpaired) electrons. The van der Waals surface area contributed by atoms with Gasteiger partial charge in [0.2, 0.25) is 0 Å². The Bertz CT molecular complexity index is 968. The van der Waals surface area contributed by atoms with Gasteiger partial charge in [0.25, 0.3) is 5.91 Å². The fourth-order valence-electron chi connectivity index (χ4n) is 2.54. The molecule has 140 valence electrons. The number of nitrogen functional groups attached to an aromatic ring is 1. The van der Waals surface area contributed by atoms with Gasteiger partial charge >= 0.3 is 0 Å². The molecule has 9 heteroatoms. The van der Waals surface area contributed by atoms with Crippen LogP contribution < -0.4 is 10.5 Å². The maximum atomic E-state index is 14.5. The van der Waals surface area contributed by atoms with Gasteiger partial charge in [-0.15, -0.1) is 0 Å². The molecule has 8 nitrogen and oxygen atoms in total. The Balaban J connectivity index is 2.68. The fourth-order valence-corrected chi connectivity index (χ4v) is 2.54. The van der Waals surface area contributed by atoms with Gasteiger partial charge in [-0.1, -0.05) is 0 Å². The second-order valence-electron chi connectivity index (χ2n) is 5.54. The molecule has 0 saturated heterocycles. The van der Waals surface area contributed by atoms with Crippen molar-refractivity contribution in [1.82, 2.24) is 10.0 Å². The zero-order valence-corrected chi connectivity index (χ0v) is 15.3. The van der Waals surface area contributed by atoms with Crippen molar-refractivity contribution in [2.24, 2.45) is 0 Å². The quantitative estimate of drug-likeness (QED) is 0.612. The zero-order valence-electron chi connectivity index (χ0n) is 15.3. The number of anilines is 1. The molecular formula is C18H18FN5O3. The summed E-state index contributed by atoms with van der Waals surface area (Å²) in [5.74, 6) is -1.26. The summed E-state index contributed by atoms with van der Waals surface area (Å²) in [6.07, 6.45) is 0. The van der Waals surface area contributed by atoms with E-state index in [0.717, 1.165) is 11.1 Å². The van der Waals surface area contributed by atoms with E-state index in [0.29, 0.717) is 5.75 Å². The van der Waals surface area contributed by atoms with Gasteiger partial charge in [0.1, 0.15) is 29.2 Å². The van der Waals surface area contributed by atoms with Gasteiger partial charge < -0.3 is 10.5 Å². The van der Waals surface area contributed by atoms with Crippen molar-refractivity contribution in [3.63, 3.8) is 0 Å². The number of hydrogen-bond acceptors (Lipinski definition) is 7. The molecule has 1 amide bonds. The highest BCUT2D eigenvalue weighted by Crippen LogP contribution is 2.32. The molecule has 3 N–H and O–H groups in total. The lowest BCUT2D eigenvalue weighted by Crippen LogP contribution is -2.33. The number of carbonyl (C=O) groups excluding carboxylic acids is 1. The molecule has 0 unspecified atom stereocenters. The number of amides is 1. The van der Waals surface area contributed by atoms with Crippen LogP contribution in [0.5, 0.6) is 5.75 Å². The minimum Gasteiger partial charge on any atom is -0.497 e. The van der Waals surface area contributed by atoms with Crippen LogP contribution in [-0.2, 0) is 9.63 Å². The molecule has 0 saturated carbocycles. The van der Waals surface area contributed by atoms with Crippen LogP contribution in [-0.4, -0.2) is 42.9 Å². The summed E-state index contributed by atoms with van der Waals surface area (Å²) >= 11 is 0. The normalized spacial score (nSPS) is 10.2. The van der Waals surface area contributed by atoms with Crippen LogP contribution in [0.15, 0.2) is 18.2 Å². The Kier molecular flexibility index (Phi) is 5.72. The lowest BCUT2D eigenvalue weighted by atomic mass is 9.95. The summed E-state index contributed by atoms with van der Waals surface area (Å²) in [6.45, 7) is 1.52. The molecule has 0 fully saturated rings. The summed E-state index contributed by atoms with van der Waals surface area (Å²) in [4.78, 5) is 21.1. The van der Waals surface area contributed by atoms with Crippen molar-refractivity contribution in [2.45, 2.75) is 6.92 Å². The van der Waals surface area contributed by atoms with Crippen molar-refractivity contribution in [1.29, 1.82) is 10.7 Å². The molecule has 2 aromatic rings. The van der Waals surface area contributed by atoms with Crippen LogP contribution >= 0.6 is 0 Å². The fraction of sp³-hybridized carbons (Fsp3) is 0.222. The number of nitrogens with two attached hydrogens (primary N) is 1. The first-order chi connectivity index (χ1) is 12.8. The minimum atomic E-state index is -0.763. The van der Waals surface area contributed by atoms with Gasteiger partial charge in [-0.3, -0.25) is 15.0 Å². The number of carbonyl (C=O) groups is 1. The van der Waals surface area contributed by atoms with Gasteiger partial charge in [0, 0.05) is 18.7 Å². The van der Waals surface area contributed by atoms with E-state index in [1.54, 1.807) is 0 Å². The number of rotatable bonds is 5. The van der Waals surface area contributed by atoms with E-state index < -0.39 is 17.4 Å². The van der Waals surface area contributed by atoms with E-state index in [9.17, 15) is 14.4 Å². The van der Waals surface area contributed by atoms with E-state index in [2.05, 4.69) is 4.98 Å². The first kappa shape index (κ1) is 19.8. The monoisotopic (exact) mass is 371 g/mol. The second-order valence-corrected chi connectivity index (χ2v) is 5.54. The van der Waals surface area contributed by atoms with Crippen molar-refractivity contribution in [3.05, 3.63) is 40.7 Å². The van der Waals surface area contributed by atoms with E-state index in [1.807, 2.05) is 6.07 Å². The SMILES string of the molecule is COc1ccc(-c2nc(N)c(C(=N)C(=O)N(C)OC)c(C)c2C#N)c(F)c1. The van der Waals surface area contributed by atoms with E-state index >= 15 is 0 Å². The van der Waals surface area contributed by atoms with Gasteiger partial charge in [-0.2, -0.15) is 5.26 Å². The minimum absolute atomic E-state index is 0.00174. The lowest BCUT2D eigenvalue weighted by Gasteiger charge is -2.18. The highest BCUT2D eigenvalue weighted by molar-refractivity contribution is 6.45. The topological polar surface area (TPSA) is 125 Å². The van der Waals surface area contributed by atoms with Crippen LogP contribution in [0.1, 0.15) is 16.7 Å². The number of hydrogen-bond donors (Lipinski definition) is 2. The molecule has 1 aromatic heterocycles. The Morgan fingerprint density at radius 2 is 2.07 bits per heavy atom. The summed E-state index contributed by atoms with van der Waals surface area (Å²) in [6, 6.07) is 6.07. The van der Waals surface area contributed by atoms with Crippen LogP contribution in [0.2, 0.25) is 0 Å². The summed E-state index contributed by atoms with van der Waals surface area (Å²) in [5, 5.41) is 18.5. The summed E-state index contributed by atoms with van der Waals surface area (Å²) in [5.41, 5.74) is 5.81. The number of nitrogens with zero attached hydrogens (tertiary/aromatic N) is 3. The van der Waals surface area contributed by atoms with E-state index in [4.69, 9.17) is 20.7 Å². The molecule has 0 aliphatic rings. The van der Waals surface area contributed by atoms with E-state index in [-0.39, 0.29) is 33.8 Å². The van der Waals surface area contributed by atoms with Gasteiger partial charge in [0.15, 0.2) is 0 Å². The van der Waals surface area contributed by atoms with Crippen molar-refractivity contribution in [2.75, 3.05) is 27.0 Å². The van der Waals surface area contributed by atoms with Crippen LogP contribution in [0.3, 0.4) is 0 Å². The molecule has 1 heterocycles. The molecule has 1 aromatic carbocycles. The molecular weight excluding hydrogens is 353 g/mol. The predicted octanol–water partition coefficient (Wildman–Crippen LogP) is 2.05. The summed E-state index contributed by atoms with van der Waals surface area (Å²) < 4.78 is 19.4. The Labute approximate surface area is 155 Å². The Morgan fingerprint density at radius 3 is 2.59 bits per heavy atom. The smallest absolute Gasteiger partial charge is 0.295 e. The van der Waals surface area contributed by atoms with Crippen LogP contribution in [0, 0.1) is 29.5 Å². The number of ether oxygens (including phenoxy) is 1. The van der Waals surface area contributed by atoms with E-state index in [1.165, 1.54) is 40.3 Å². The zero-order chi connectivity index (χ0) is 20.3. The standard InChI is InChI=1S/C18H18FN5O3/c1-9-12(8-20)16(11-6-5-10(26-3)7-13(11)19)23-17(22)14(9)15(21)18(25)24(2)27-4/h5-7,21H,1-4H3,(H2,22,23). The summed E-state index contributed by atoms with van der Waals surface area (Å²) in [7, 11) is 4.02. The molecule has 27 heavy (non-hydrogen) atoms. The van der Waals surface area contributed by atoms with Crippen LogP contribution in [0.4, 0.5) is 10.2 Å². The molecule has 0 aliphatic heterocycles. The number of aromatic nitrogens is 1. The van der Waals surface area contributed by atoms with Crippen LogP contribution in [0.25, 0.3) is 11.3 Å². The number of nitrogens with one attached hydrogen (secondary N) is 1. The molecule has 0 atom stereocenters. The van der Waals surface area contributed by atoms with Crippen molar-refractivity contribution < 1.29 is 18.8 Å². The average Bonchev–Trinajstić information content (AvgIpc) is 2.66. The third kappa shape index (κ3) is 3.56. The number of halogens is 1. The number of hydroxylamine groups is 2. The largest absolute Gasteiger partial charge is 0.497 e.